The van der Waals surface area contributed by atoms with E-state index in [2.05, 4.69) is 20.4 Å². The molecule has 0 aliphatic heterocycles. The van der Waals surface area contributed by atoms with Crippen molar-refractivity contribution in [2.45, 2.75) is 51.0 Å². The number of hydrogen-bond acceptors (Lipinski definition) is 4. The van der Waals surface area contributed by atoms with Crippen LogP contribution in [0.2, 0.25) is 0 Å². The fraction of sp³-hybridized carbons (Fsp3) is 0.560. The van der Waals surface area contributed by atoms with Crippen LogP contribution in [0.25, 0.3) is 10.9 Å². The first kappa shape index (κ1) is 21.0. The zero-order valence-electron chi connectivity index (χ0n) is 18.5. The molecule has 6 rings (SSSR count). The predicted octanol–water partition coefficient (Wildman–Crippen LogP) is 2.70. The van der Waals surface area contributed by atoms with E-state index in [0.717, 1.165) is 35.7 Å². The Bertz CT molecular complexity index is 1010. The van der Waals surface area contributed by atoms with E-state index in [9.17, 15) is 14.4 Å². The average molecular weight is 438 g/mol. The lowest BCUT2D eigenvalue weighted by atomic mass is 9.49. The third-order valence-electron chi connectivity index (χ3n) is 7.88. The van der Waals surface area contributed by atoms with Crippen LogP contribution in [0, 0.1) is 23.2 Å². The van der Waals surface area contributed by atoms with Crippen molar-refractivity contribution in [1.29, 1.82) is 0 Å². The number of H-pyrrole nitrogens is 1. The number of hydrogen-bond donors (Lipinski definition) is 3. The van der Waals surface area contributed by atoms with E-state index < -0.39 is 12.0 Å². The third kappa shape index (κ3) is 3.89. The number of methoxy groups -OCH3 is 1. The number of aromatic nitrogens is 1. The van der Waals surface area contributed by atoms with Gasteiger partial charge in [-0.15, -0.1) is 0 Å². The Kier molecular flexibility index (Phi) is 5.43. The highest BCUT2D eigenvalue weighted by Gasteiger charge is 2.55. The Morgan fingerprint density at radius 1 is 1.09 bits per heavy atom. The molecule has 7 heteroatoms. The summed E-state index contributed by atoms with van der Waals surface area (Å²) in [6.45, 7) is -0.215. The molecule has 1 aromatic heterocycles. The van der Waals surface area contributed by atoms with Crippen molar-refractivity contribution >= 4 is 28.7 Å². The topological polar surface area (TPSA) is 100 Å². The second-order valence-electron chi connectivity index (χ2n) is 10.1. The van der Waals surface area contributed by atoms with Gasteiger partial charge in [0, 0.05) is 28.9 Å². The molecule has 2 amide bonds. The molecule has 1 unspecified atom stereocenters. The summed E-state index contributed by atoms with van der Waals surface area (Å²) in [5.41, 5.74) is 1.61. The number of aromatic amines is 1. The molecule has 2 aromatic rings. The first-order valence-corrected chi connectivity index (χ1v) is 11.7. The van der Waals surface area contributed by atoms with Gasteiger partial charge in [-0.3, -0.25) is 14.4 Å². The summed E-state index contributed by atoms with van der Waals surface area (Å²) >= 11 is 0. The van der Waals surface area contributed by atoms with Crippen molar-refractivity contribution in [3.8, 4) is 0 Å². The molecule has 4 aliphatic carbocycles. The third-order valence-corrected chi connectivity index (χ3v) is 7.88. The molecule has 0 saturated heterocycles. The van der Waals surface area contributed by atoms with Crippen molar-refractivity contribution < 1.29 is 19.1 Å². The molecule has 4 aliphatic rings. The van der Waals surface area contributed by atoms with Crippen LogP contribution in [0.5, 0.6) is 0 Å². The highest BCUT2D eigenvalue weighted by atomic mass is 16.5. The maximum absolute atomic E-state index is 13.6. The van der Waals surface area contributed by atoms with Crippen LogP contribution in [0.3, 0.4) is 0 Å². The second kappa shape index (κ2) is 8.26. The number of esters is 1. The van der Waals surface area contributed by atoms with E-state index in [1.807, 2.05) is 30.5 Å². The van der Waals surface area contributed by atoms with Gasteiger partial charge in [-0.25, -0.2) is 0 Å². The maximum atomic E-state index is 13.6. The molecular formula is C25H31N3O4. The van der Waals surface area contributed by atoms with Crippen molar-refractivity contribution in [3.63, 3.8) is 0 Å². The fourth-order valence-corrected chi connectivity index (χ4v) is 6.78. The van der Waals surface area contributed by atoms with E-state index in [0.29, 0.717) is 24.2 Å². The van der Waals surface area contributed by atoms with Crippen LogP contribution in [-0.2, 0) is 25.5 Å². The molecule has 4 bridgehead atoms. The van der Waals surface area contributed by atoms with E-state index in [1.54, 1.807) is 0 Å². The zero-order valence-corrected chi connectivity index (χ0v) is 18.5. The van der Waals surface area contributed by atoms with E-state index >= 15 is 0 Å². The van der Waals surface area contributed by atoms with Gasteiger partial charge in [0.2, 0.25) is 11.8 Å². The van der Waals surface area contributed by atoms with Crippen LogP contribution in [0.1, 0.15) is 44.1 Å². The fourth-order valence-electron chi connectivity index (χ4n) is 6.78. The Morgan fingerprint density at radius 2 is 1.75 bits per heavy atom. The molecule has 3 N–H and O–H groups in total. The summed E-state index contributed by atoms with van der Waals surface area (Å²) in [5, 5.41) is 6.77. The Labute approximate surface area is 187 Å². The smallest absolute Gasteiger partial charge is 0.325 e. The van der Waals surface area contributed by atoms with Gasteiger partial charge >= 0.3 is 5.97 Å². The Hall–Kier alpha value is -2.83. The van der Waals surface area contributed by atoms with Crippen LogP contribution >= 0.6 is 0 Å². The Balaban J connectivity index is 1.36. The van der Waals surface area contributed by atoms with Crippen molar-refractivity contribution in [3.05, 3.63) is 36.0 Å². The number of para-hydroxylation sites is 1. The quantitative estimate of drug-likeness (QED) is 0.580. The van der Waals surface area contributed by atoms with Gasteiger partial charge in [-0.1, -0.05) is 18.2 Å². The normalized spacial score (nSPS) is 29.0. The first-order valence-electron chi connectivity index (χ1n) is 11.7. The summed E-state index contributed by atoms with van der Waals surface area (Å²) in [6.07, 6.45) is 8.83. The number of amides is 2. The monoisotopic (exact) mass is 437 g/mol. The van der Waals surface area contributed by atoms with Crippen LogP contribution < -0.4 is 10.6 Å². The van der Waals surface area contributed by atoms with Crippen LogP contribution in [0.4, 0.5) is 0 Å². The molecule has 4 fully saturated rings. The van der Waals surface area contributed by atoms with Gasteiger partial charge in [-0.2, -0.15) is 0 Å². The van der Waals surface area contributed by atoms with Crippen molar-refractivity contribution in [1.82, 2.24) is 15.6 Å². The number of ether oxygens (including phenoxy) is 1. The van der Waals surface area contributed by atoms with Crippen LogP contribution in [-0.4, -0.2) is 42.5 Å². The number of rotatable bonds is 7. The second-order valence-corrected chi connectivity index (χ2v) is 10.1. The van der Waals surface area contributed by atoms with Crippen LogP contribution in [0.15, 0.2) is 30.5 Å². The largest absolute Gasteiger partial charge is 0.468 e. The number of nitrogens with one attached hydrogen (secondary N) is 3. The molecule has 4 saturated carbocycles. The minimum atomic E-state index is -0.751. The first-order chi connectivity index (χ1) is 15.5. The lowest BCUT2D eigenvalue weighted by molar-refractivity contribution is -0.148. The molecule has 170 valence electrons. The van der Waals surface area contributed by atoms with Crippen molar-refractivity contribution in [2.24, 2.45) is 23.2 Å². The van der Waals surface area contributed by atoms with Gasteiger partial charge in [0.15, 0.2) is 0 Å². The van der Waals surface area contributed by atoms with Gasteiger partial charge in [0.25, 0.3) is 0 Å². The lowest BCUT2D eigenvalue weighted by Crippen LogP contribution is -2.58. The molecular weight excluding hydrogens is 406 g/mol. The van der Waals surface area contributed by atoms with Gasteiger partial charge in [-0.05, 0) is 67.9 Å². The maximum Gasteiger partial charge on any atom is 0.325 e. The zero-order chi connectivity index (χ0) is 22.3. The summed E-state index contributed by atoms with van der Waals surface area (Å²) in [4.78, 5) is 41.4. The molecule has 0 spiro atoms. The summed E-state index contributed by atoms with van der Waals surface area (Å²) in [6, 6.07) is 7.15. The van der Waals surface area contributed by atoms with Gasteiger partial charge in [0.05, 0.1) is 7.11 Å². The molecule has 1 atom stereocenters. The SMILES string of the molecule is COC(=O)CNC(=O)C(Cc1c[nH]c2ccccc12)NC(=O)C12CC3CC(CC(C3)C1)C2. The molecule has 7 nitrogen and oxygen atoms in total. The summed E-state index contributed by atoms with van der Waals surface area (Å²) < 4.78 is 4.64. The molecule has 1 heterocycles. The van der Waals surface area contributed by atoms with Gasteiger partial charge in [0.1, 0.15) is 12.6 Å². The highest BCUT2D eigenvalue weighted by Crippen LogP contribution is 2.60. The minimum absolute atomic E-state index is 0.00894. The predicted molar refractivity (Wildman–Crippen MR) is 120 cm³/mol. The number of carbonyl (C=O) groups excluding carboxylic acids is 3. The number of fused-ring (bicyclic) bond motifs is 1. The summed E-state index contributed by atoms with van der Waals surface area (Å²) in [7, 11) is 1.28. The van der Waals surface area contributed by atoms with E-state index in [-0.39, 0.29) is 23.8 Å². The Morgan fingerprint density at radius 3 is 2.41 bits per heavy atom. The molecule has 1 aromatic carbocycles. The summed E-state index contributed by atoms with van der Waals surface area (Å²) in [5.74, 6) is 1.07. The molecule has 0 radical (unpaired) electrons. The highest BCUT2D eigenvalue weighted by molar-refractivity contribution is 5.92. The van der Waals surface area contributed by atoms with Crippen molar-refractivity contribution in [2.75, 3.05) is 13.7 Å². The van der Waals surface area contributed by atoms with Gasteiger partial charge < -0.3 is 20.4 Å². The lowest BCUT2D eigenvalue weighted by Gasteiger charge is -2.55. The average Bonchev–Trinajstić information content (AvgIpc) is 3.18. The number of benzene rings is 1. The number of carbonyl (C=O) groups is 3. The van der Waals surface area contributed by atoms with E-state index in [4.69, 9.17) is 0 Å². The standard InChI is InChI=1S/C25H31N3O4/c1-32-22(29)14-27-23(30)21(9-18-13-26-20-5-3-2-4-19(18)20)28-24(31)25-10-15-6-16(11-25)8-17(7-15)12-25/h2-5,13,15-17,21,26H,6-12,14H2,1H3,(H,27,30)(H,28,31). The minimum Gasteiger partial charge on any atom is -0.468 e. The molecule has 32 heavy (non-hydrogen) atoms. The van der Waals surface area contributed by atoms with E-state index in [1.165, 1.54) is 26.4 Å².